The van der Waals surface area contributed by atoms with Crippen molar-refractivity contribution in [2.45, 2.75) is 19.4 Å². The van der Waals surface area contributed by atoms with Crippen molar-refractivity contribution >= 4 is 23.1 Å². The number of hydrogen-bond donors (Lipinski definition) is 1. The highest BCUT2D eigenvalue weighted by molar-refractivity contribution is 6.16. The van der Waals surface area contributed by atoms with Crippen LogP contribution < -0.4 is 9.80 Å². The van der Waals surface area contributed by atoms with Crippen molar-refractivity contribution in [2.24, 2.45) is 0 Å². The van der Waals surface area contributed by atoms with Crippen molar-refractivity contribution in [3.05, 3.63) is 65.7 Å². The number of pyridine rings is 1. The Kier molecular flexibility index (Phi) is 4.75. The van der Waals surface area contributed by atoms with Crippen LogP contribution in [0.3, 0.4) is 0 Å². The summed E-state index contributed by atoms with van der Waals surface area (Å²) in [5.41, 5.74) is 2.23. The van der Waals surface area contributed by atoms with Gasteiger partial charge in [0.25, 0.3) is 5.91 Å². The second kappa shape index (κ2) is 7.00. The lowest BCUT2D eigenvalue weighted by Gasteiger charge is -2.26. The van der Waals surface area contributed by atoms with Gasteiger partial charge in [0.05, 0.1) is 11.3 Å². The molecule has 1 N–H and O–H groups in total. The van der Waals surface area contributed by atoms with E-state index >= 15 is 0 Å². The number of aromatic nitrogens is 1. The van der Waals surface area contributed by atoms with Gasteiger partial charge >= 0.3 is 0 Å². The van der Waals surface area contributed by atoms with E-state index in [1.54, 1.807) is 43.5 Å². The predicted molar refractivity (Wildman–Crippen MR) is 100 cm³/mol. The Hall–Kier alpha value is -3.15. The van der Waals surface area contributed by atoms with E-state index in [0.717, 1.165) is 5.69 Å². The minimum Gasteiger partial charge on any atom is -0.503 e. The summed E-state index contributed by atoms with van der Waals surface area (Å²) in [4.78, 5) is 32.9. The number of benzene rings is 1. The van der Waals surface area contributed by atoms with Crippen LogP contribution in [-0.2, 0) is 9.59 Å². The van der Waals surface area contributed by atoms with Crippen LogP contribution >= 0.6 is 0 Å². The van der Waals surface area contributed by atoms with Gasteiger partial charge < -0.3 is 10.0 Å². The monoisotopic (exact) mass is 351 g/mol. The molecule has 0 bridgehead atoms. The van der Waals surface area contributed by atoms with Gasteiger partial charge in [0.2, 0.25) is 0 Å². The van der Waals surface area contributed by atoms with E-state index in [1.807, 2.05) is 31.1 Å². The molecule has 2 aromatic rings. The minimum absolute atomic E-state index is 0.105. The van der Waals surface area contributed by atoms with Crippen molar-refractivity contribution in [3.63, 3.8) is 0 Å². The number of ketones is 1. The summed E-state index contributed by atoms with van der Waals surface area (Å²) in [6, 6.07) is 11.9. The van der Waals surface area contributed by atoms with Crippen LogP contribution in [0.1, 0.15) is 25.1 Å². The number of Topliss-reactive ketones (excluding diaryl/α,β-unsaturated/α-hetero) is 1. The molecule has 1 atom stereocenters. The fourth-order valence-electron chi connectivity index (χ4n) is 3.08. The number of anilines is 2. The number of carbonyl (C=O) groups excluding carboxylic acids is 2. The third-order valence-corrected chi connectivity index (χ3v) is 4.44. The molecular formula is C20H21N3O3. The van der Waals surface area contributed by atoms with Crippen molar-refractivity contribution in [3.8, 4) is 0 Å². The number of amides is 1. The van der Waals surface area contributed by atoms with E-state index in [1.165, 1.54) is 4.90 Å². The molecule has 6 heteroatoms. The highest BCUT2D eigenvalue weighted by Gasteiger charge is 2.44. The van der Waals surface area contributed by atoms with Crippen LogP contribution in [0, 0.1) is 0 Å². The first-order valence-corrected chi connectivity index (χ1v) is 8.44. The lowest BCUT2D eigenvalue weighted by atomic mass is 9.98. The van der Waals surface area contributed by atoms with Crippen molar-refractivity contribution in [1.82, 2.24) is 4.98 Å². The third kappa shape index (κ3) is 2.94. The summed E-state index contributed by atoms with van der Waals surface area (Å²) in [7, 11) is 3.86. The summed E-state index contributed by atoms with van der Waals surface area (Å²) >= 11 is 0. The van der Waals surface area contributed by atoms with E-state index in [2.05, 4.69) is 4.98 Å². The Morgan fingerprint density at radius 1 is 1.19 bits per heavy atom. The van der Waals surface area contributed by atoms with Crippen LogP contribution in [0.4, 0.5) is 11.4 Å². The lowest BCUT2D eigenvalue weighted by molar-refractivity contribution is -0.118. The lowest BCUT2D eigenvalue weighted by Crippen LogP contribution is -2.31. The summed E-state index contributed by atoms with van der Waals surface area (Å²) in [6.45, 7) is 1.71. The molecular weight excluding hydrogens is 330 g/mol. The van der Waals surface area contributed by atoms with E-state index < -0.39 is 17.7 Å². The summed E-state index contributed by atoms with van der Waals surface area (Å²) < 4.78 is 0. The highest BCUT2D eigenvalue weighted by Crippen LogP contribution is 2.40. The first-order chi connectivity index (χ1) is 12.5. The van der Waals surface area contributed by atoms with Crippen LogP contribution in [0.2, 0.25) is 0 Å². The smallest absolute Gasteiger partial charge is 0.294 e. The molecule has 0 saturated heterocycles. The number of hydrogen-bond acceptors (Lipinski definition) is 5. The number of aliphatic hydroxyl groups excluding tert-OH is 1. The number of nitrogens with zero attached hydrogens (tertiary/aromatic N) is 3. The molecule has 2 heterocycles. The Morgan fingerprint density at radius 3 is 2.42 bits per heavy atom. The van der Waals surface area contributed by atoms with Gasteiger partial charge in [-0.2, -0.15) is 0 Å². The van der Waals surface area contributed by atoms with E-state index in [0.29, 0.717) is 11.4 Å². The minimum atomic E-state index is -0.735. The average molecular weight is 351 g/mol. The quantitative estimate of drug-likeness (QED) is 0.896. The fraction of sp³-hybridized carbons (Fsp3) is 0.250. The highest BCUT2D eigenvalue weighted by atomic mass is 16.3. The second-order valence-electron chi connectivity index (χ2n) is 6.28. The maximum atomic E-state index is 12.8. The van der Waals surface area contributed by atoms with Crippen molar-refractivity contribution in [2.75, 3.05) is 23.9 Å². The van der Waals surface area contributed by atoms with Gasteiger partial charge in [0, 0.05) is 38.1 Å². The second-order valence-corrected chi connectivity index (χ2v) is 6.28. The number of rotatable bonds is 5. The van der Waals surface area contributed by atoms with Gasteiger partial charge in [0.1, 0.15) is 6.04 Å². The molecule has 1 aliphatic rings. The maximum absolute atomic E-state index is 12.8. The molecule has 0 spiro atoms. The summed E-state index contributed by atoms with van der Waals surface area (Å²) in [5, 5.41) is 10.4. The molecule has 134 valence electrons. The number of aliphatic hydroxyl groups is 1. The Labute approximate surface area is 152 Å². The summed E-state index contributed by atoms with van der Waals surface area (Å²) in [6.07, 6.45) is 1.81. The van der Waals surface area contributed by atoms with Gasteiger partial charge in [-0.15, -0.1) is 0 Å². The Balaban J connectivity index is 2.11. The molecule has 0 fully saturated rings. The normalized spacial score (nSPS) is 17.0. The van der Waals surface area contributed by atoms with Gasteiger partial charge in [-0.25, -0.2) is 0 Å². The zero-order chi connectivity index (χ0) is 18.8. The third-order valence-electron chi connectivity index (χ3n) is 4.44. The number of carbonyl (C=O) groups is 2. The molecule has 26 heavy (non-hydrogen) atoms. The molecule has 1 aliphatic heterocycles. The Bertz CT molecular complexity index is 858. The van der Waals surface area contributed by atoms with E-state index in [-0.39, 0.29) is 17.8 Å². The fourth-order valence-corrected chi connectivity index (χ4v) is 3.08. The van der Waals surface area contributed by atoms with Gasteiger partial charge in [-0.3, -0.25) is 19.5 Å². The largest absolute Gasteiger partial charge is 0.503 e. The first kappa shape index (κ1) is 17.7. The topological polar surface area (TPSA) is 73.7 Å². The van der Waals surface area contributed by atoms with Crippen molar-refractivity contribution in [1.29, 1.82) is 0 Å². The zero-order valence-electron chi connectivity index (χ0n) is 15.0. The van der Waals surface area contributed by atoms with Gasteiger partial charge in [-0.05, 0) is 36.4 Å². The molecule has 1 amide bonds. The maximum Gasteiger partial charge on any atom is 0.294 e. The zero-order valence-corrected chi connectivity index (χ0v) is 15.0. The molecule has 3 rings (SSSR count). The van der Waals surface area contributed by atoms with Gasteiger partial charge in [0.15, 0.2) is 11.5 Å². The van der Waals surface area contributed by atoms with Crippen LogP contribution in [0.15, 0.2) is 60.0 Å². The van der Waals surface area contributed by atoms with Crippen molar-refractivity contribution < 1.29 is 14.7 Å². The molecule has 6 nitrogen and oxygen atoms in total. The van der Waals surface area contributed by atoms with E-state index in [4.69, 9.17) is 0 Å². The molecule has 1 unspecified atom stereocenters. The standard InChI is InChI=1S/C20H21N3O3/c1-4-16(24)17-18(15-7-5-6-12-21-15)23(20(26)19(17)25)14-10-8-13(9-11-14)22(2)3/h5-12,18,25H,4H2,1-3H3. The summed E-state index contributed by atoms with van der Waals surface area (Å²) in [5.74, 6) is -1.35. The molecule has 1 aromatic heterocycles. The first-order valence-electron chi connectivity index (χ1n) is 8.44. The molecule has 1 aromatic carbocycles. The van der Waals surface area contributed by atoms with Crippen LogP contribution in [0.25, 0.3) is 0 Å². The Morgan fingerprint density at radius 2 is 1.88 bits per heavy atom. The predicted octanol–water partition coefficient (Wildman–Crippen LogP) is 3.03. The molecule has 0 aliphatic carbocycles. The molecule has 0 saturated carbocycles. The van der Waals surface area contributed by atoms with Gasteiger partial charge in [-0.1, -0.05) is 13.0 Å². The SMILES string of the molecule is CCC(=O)C1=C(O)C(=O)N(c2ccc(N(C)C)cc2)C1c1ccccn1. The van der Waals surface area contributed by atoms with Crippen LogP contribution in [-0.4, -0.2) is 35.9 Å². The van der Waals surface area contributed by atoms with E-state index in [9.17, 15) is 14.7 Å². The van der Waals surface area contributed by atoms with Crippen LogP contribution in [0.5, 0.6) is 0 Å². The molecule has 0 radical (unpaired) electrons. The average Bonchev–Trinajstić information content (AvgIpc) is 2.93.